The molecule has 29 heavy (non-hydrogen) atoms. The van der Waals surface area contributed by atoms with Crippen molar-refractivity contribution >= 4 is 16.7 Å². The maximum atomic E-state index is 13.3. The van der Waals surface area contributed by atoms with Gasteiger partial charge in [0.1, 0.15) is 18.0 Å². The largest absolute Gasteiger partial charge is 0.346 e. The van der Waals surface area contributed by atoms with Crippen molar-refractivity contribution in [3.05, 3.63) is 58.5 Å². The first kappa shape index (κ1) is 18.1. The molecule has 1 aliphatic carbocycles. The first-order valence-corrected chi connectivity index (χ1v) is 9.98. The lowest BCUT2D eigenvalue weighted by atomic mass is 10.1. The summed E-state index contributed by atoms with van der Waals surface area (Å²) in [5, 5.41) is 0.361. The Morgan fingerprint density at radius 3 is 2.76 bits per heavy atom. The molecule has 3 heterocycles. The monoisotopic (exact) mass is 397 g/mol. The minimum atomic E-state index is -2.63. The SMILES string of the molecule is O=c1c2ccccc2nc(C2CCCN2c2cc(C3CC3)ncn2)n1CC(F)F. The number of rotatable bonds is 5. The van der Waals surface area contributed by atoms with Gasteiger partial charge in [0.05, 0.1) is 23.5 Å². The summed E-state index contributed by atoms with van der Waals surface area (Å²) in [6.45, 7) is 0.0800. The molecular weight excluding hydrogens is 376 g/mol. The smallest absolute Gasteiger partial charge is 0.261 e. The molecule has 0 N–H and O–H groups in total. The lowest BCUT2D eigenvalue weighted by Crippen LogP contribution is -2.34. The van der Waals surface area contributed by atoms with Gasteiger partial charge >= 0.3 is 0 Å². The number of hydrogen-bond donors (Lipinski definition) is 0. The van der Waals surface area contributed by atoms with Crippen molar-refractivity contribution in [2.24, 2.45) is 0 Å². The third kappa shape index (κ3) is 3.36. The molecule has 5 rings (SSSR count). The van der Waals surface area contributed by atoms with Crippen molar-refractivity contribution in [1.82, 2.24) is 19.5 Å². The van der Waals surface area contributed by atoms with Crippen molar-refractivity contribution < 1.29 is 8.78 Å². The molecule has 0 radical (unpaired) electrons. The van der Waals surface area contributed by atoms with Gasteiger partial charge in [-0.3, -0.25) is 9.36 Å². The number of halogens is 2. The van der Waals surface area contributed by atoms with E-state index in [1.807, 2.05) is 6.07 Å². The Bertz CT molecular complexity index is 1110. The molecule has 0 spiro atoms. The number of aromatic nitrogens is 4. The Hall–Kier alpha value is -2.90. The van der Waals surface area contributed by atoms with Crippen LogP contribution in [0.4, 0.5) is 14.6 Å². The van der Waals surface area contributed by atoms with E-state index in [1.165, 1.54) is 0 Å². The van der Waals surface area contributed by atoms with Gasteiger partial charge in [-0.25, -0.2) is 23.7 Å². The molecule has 2 fully saturated rings. The molecule has 6 nitrogen and oxygen atoms in total. The summed E-state index contributed by atoms with van der Waals surface area (Å²) >= 11 is 0. The van der Waals surface area contributed by atoms with Gasteiger partial charge in [-0.1, -0.05) is 12.1 Å². The van der Waals surface area contributed by atoms with E-state index in [9.17, 15) is 13.6 Å². The highest BCUT2D eigenvalue weighted by Gasteiger charge is 2.33. The van der Waals surface area contributed by atoms with Gasteiger partial charge in [0.2, 0.25) is 0 Å². The summed E-state index contributed by atoms with van der Waals surface area (Å²) in [7, 11) is 0. The highest BCUT2D eigenvalue weighted by Crippen LogP contribution is 2.41. The molecule has 1 aliphatic heterocycles. The lowest BCUT2D eigenvalue weighted by molar-refractivity contribution is 0.123. The minimum absolute atomic E-state index is 0.270. The number of nitrogens with zero attached hydrogens (tertiary/aromatic N) is 5. The molecule has 1 atom stereocenters. The van der Waals surface area contributed by atoms with Crippen molar-refractivity contribution in [3.63, 3.8) is 0 Å². The molecule has 2 aromatic heterocycles. The fourth-order valence-electron chi connectivity index (χ4n) is 4.18. The van der Waals surface area contributed by atoms with E-state index in [2.05, 4.69) is 19.9 Å². The topological polar surface area (TPSA) is 63.9 Å². The van der Waals surface area contributed by atoms with E-state index >= 15 is 0 Å². The second kappa shape index (κ2) is 7.17. The number of anilines is 1. The van der Waals surface area contributed by atoms with Gasteiger partial charge in [-0.15, -0.1) is 0 Å². The summed E-state index contributed by atoms with van der Waals surface area (Å²) in [6, 6.07) is 8.63. The Labute approximate surface area is 166 Å². The van der Waals surface area contributed by atoms with Crippen LogP contribution in [0.2, 0.25) is 0 Å². The number of fused-ring (bicyclic) bond motifs is 1. The minimum Gasteiger partial charge on any atom is -0.346 e. The van der Waals surface area contributed by atoms with E-state index < -0.39 is 18.5 Å². The van der Waals surface area contributed by atoms with Crippen molar-refractivity contribution in [2.75, 3.05) is 11.4 Å². The van der Waals surface area contributed by atoms with E-state index in [4.69, 9.17) is 0 Å². The lowest BCUT2D eigenvalue weighted by Gasteiger charge is -2.27. The summed E-state index contributed by atoms with van der Waals surface area (Å²) < 4.78 is 27.8. The molecule has 1 unspecified atom stereocenters. The van der Waals surface area contributed by atoms with Crippen LogP contribution in [0.5, 0.6) is 0 Å². The van der Waals surface area contributed by atoms with Crippen LogP contribution < -0.4 is 10.5 Å². The zero-order valence-electron chi connectivity index (χ0n) is 15.8. The van der Waals surface area contributed by atoms with Crippen molar-refractivity contribution in [3.8, 4) is 0 Å². The normalized spacial score (nSPS) is 19.4. The number of para-hydroxylation sites is 1. The second-order valence-corrected chi connectivity index (χ2v) is 7.72. The van der Waals surface area contributed by atoms with Crippen LogP contribution >= 0.6 is 0 Å². The average Bonchev–Trinajstić information content (AvgIpc) is 3.47. The van der Waals surface area contributed by atoms with Gasteiger partial charge < -0.3 is 4.90 Å². The van der Waals surface area contributed by atoms with Crippen LogP contribution in [-0.4, -0.2) is 32.5 Å². The fourth-order valence-corrected chi connectivity index (χ4v) is 4.18. The maximum Gasteiger partial charge on any atom is 0.261 e. The van der Waals surface area contributed by atoms with E-state index in [0.29, 0.717) is 22.6 Å². The summed E-state index contributed by atoms with van der Waals surface area (Å²) in [4.78, 5) is 28.5. The van der Waals surface area contributed by atoms with Gasteiger partial charge in [0.15, 0.2) is 0 Å². The number of hydrogen-bond acceptors (Lipinski definition) is 5. The van der Waals surface area contributed by atoms with Crippen LogP contribution in [0.1, 0.15) is 49.2 Å². The third-order valence-electron chi connectivity index (χ3n) is 5.73. The van der Waals surface area contributed by atoms with Gasteiger partial charge in [0.25, 0.3) is 12.0 Å². The van der Waals surface area contributed by atoms with Gasteiger partial charge in [-0.2, -0.15) is 0 Å². The first-order valence-electron chi connectivity index (χ1n) is 9.98. The zero-order valence-corrected chi connectivity index (χ0v) is 15.8. The summed E-state index contributed by atoms with van der Waals surface area (Å²) in [6.07, 6.45) is 2.82. The van der Waals surface area contributed by atoms with Crippen LogP contribution in [0.25, 0.3) is 10.9 Å². The predicted molar refractivity (Wildman–Crippen MR) is 105 cm³/mol. The second-order valence-electron chi connectivity index (χ2n) is 7.72. The van der Waals surface area contributed by atoms with E-state index in [1.54, 1.807) is 30.6 Å². The van der Waals surface area contributed by atoms with Gasteiger partial charge in [0, 0.05) is 24.2 Å². The van der Waals surface area contributed by atoms with E-state index in [0.717, 1.165) is 48.3 Å². The van der Waals surface area contributed by atoms with E-state index in [-0.39, 0.29) is 6.04 Å². The first-order chi connectivity index (χ1) is 14.1. The standard InChI is InChI=1S/C21H21F2N5O/c22-18(23)11-28-20(26-15-5-2-1-4-14(15)21(28)29)17-6-3-9-27(17)19-10-16(13-7-8-13)24-12-25-19/h1-2,4-5,10,12-13,17-18H,3,6-9,11H2. The molecular formula is C21H21F2N5O. The highest BCUT2D eigenvalue weighted by atomic mass is 19.3. The summed E-state index contributed by atoms with van der Waals surface area (Å²) in [5.41, 5.74) is 1.14. The Balaban J connectivity index is 1.61. The van der Waals surface area contributed by atoms with Crippen molar-refractivity contribution in [1.29, 1.82) is 0 Å². The molecule has 2 aliphatic rings. The Morgan fingerprint density at radius 1 is 1.14 bits per heavy atom. The molecule has 150 valence electrons. The Morgan fingerprint density at radius 2 is 1.97 bits per heavy atom. The fraction of sp³-hybridized carbons (Fsp3) is 0.429. The van der Waals surface area contributed by atoms with Crippen LogP contribution in [-0.2, 0) is 6.54 Å². The molecule has 0 bridgehead atoms. The molecule has 1 saturated carbocycles. The third-order valence-corrected chi connectivity index (χ3v) is 5.73. The summed E-state index contributed by atoms with van der Waals surface area (Å²) in [5.74, 6) is 1.65. The van der Waals surface area contributed by atoms with Crippen LogP contribution in [0, 0.1) is 0 Å². The molecule has 1 aromatic carbocycles. The molecule has 8 heteroatoms. The predicted octanol–water partition coefficient (Wildman–Crippen LogP) is 3.67. The molecule has 3 aromatic rings. The van der Waals surface area contributed by atoms with Crippen molar-refractivity contribution in [2.45, 2.75) is 50.6 Å². The number of benzene rings is 1. The zero-order chi connectivity index (χ0) is 20.0. The van der Waals surface area contributed by atoms with Crippen LogP contribution in [0.15, 0.2) is 41.5 Å². The maximum absolute atomic E-state index is 13.3. The average molecular weight is 397 g/mol. The molecule has 0 amide bonds. The number of alkyl halides is 2. The van der Waals surface area contributed by atoms with Gasteiger partial charge in [-0.05, 0) is 37.8 Å². The van der Waals surface area contributed by atoms with Crippen LogP contribution in [0.3, 0.4) is 0 Å². The quantitative estimate of drug-likeness (QED) is 0.657. The Kier molecular flexibility index (Phi) is 4.49. The highest BCUT2D eigenvalue weighted by molar-refractivity contribution is 5.77. The molecule has 1 saturated heterocycles.